The first-order valence-electron chi connectivity index (χ1n) is 7.83. The third-order valence-electron chi connectivity index (χ3n) is 4.79. The number of nitrogens with zero attached hydrogens (tertiary/aromatic N) is 1. The molecule has 0 radical (unpaired) electrons. The van der Waals surface area contributed by atoms with Gasteiger partial charge in [-0.15, -0.1) is 0 Å². The van der Waals surface area contributed by atoms with Gasteiger partial charge < -0.3 is 15.4 Å². The van der Waals surface area contributed by atoms with Crippen molar-refractivity contribution in [3.63, 3.8) is 0 Å². The van der Waals surface area contributed by atoms with Crippen LogP contribution in [0.4, 0.5) is 0 Å². The zero-order chi connectivity index (χ0) is 13.7. The van der Waals surface area contributed by atoms with Crippen LogP contribution in [-0.2, 0) is 9.53 Å². The van der Waals surface area contributed by atoms with E-state index >= 15 is 0 Å². The molecule has 1 unspecified atom stereocenters. The van der Waals surface area contributed by atoms with E-state index in [0.717, 1.165) is 45.2 Å². The quantitative estimate of drug-likeness (QED) is 0.796. The second-order valence-corrected chi connectivity index (χ2v) is 6.05. The predicted molar refractivity (Wildman–Crippen MR) is 75.8 cm³/mol. The topological polar surface area (TPSA) is 55.6 Å². The molecule has 4 heteroatoms. The Hall–Kier alpha value is -0.610. The van der Waals surface area contributed by atoms with Crippen molar-refractivity contribution < 1.29 is 9.53 Å². The number of morpholine rings is 1. The first kappa shape index (κ1) is 14.8. The maximum Gasteiger partial charge on any atom is 0.230 e. The summed E-state index contributed by atoms with van der Waals surface area (Å²) < 4.78 is 5.66. The van der Waals surface area contributed by atoms with E-state index in [0.29, 0.717) is 19.1 Å². The van der Waals surface area contributed by atoms with E-state index in [1.807, 2.05) is 4.90 Å². The lowest BCUT2D eigenvalue weighted by Gasteiger charge is -2.40. The van der Waals surface area contributed by atoms with E-state index in [-0.39, 0.29) is 11.5 Å². The molecule has 1 heterocycles. The van der Waals surface area contributed by atoms with Crippen LogP contribution < -0.4 is 5.73 Å². The van der Waals surface area contributed by atoms with Gasteiger partial charge in [-0.1, -0.05) is 32.6 Å². The highest BCUT2D eigenvalue weighted by Gasteiger charge is 2.41. The van der Waals surface area contributed by atoms with Crippen molar-refractivity contribution in [1.29, 1.82) is 0 Å². The second-order valence-electron chi connectivity index (χ2n) is 6.05. The fourth-order valence-electron chi connectivity index (χ4n) is 3.40. The molecule has 1 aliphatic carbocycles. The number of hydrogen-bond donors (Lipinski definition) is 1. The van der Waals surface area contributed by atoms with Gasteiger partial charge in [0, 0.05) is 19.6 Å². The maximum atomic E-state index is 12.9. The van der Waals surface area contributed by atoms with Gasteiger partial charge in [-0.2, -0.15) is 0 Å². The molecule has 1 saturated carbocycles. The van der Waals surface area contributed by atoms with Crippen LogP contribution >= 0.6 is 0 Å². The Morgan fingerprint density at radius 3 is 2.58 bits per heavy atom. The van der Waals surface area contributed by atoms with Gasteiger partial charge in [0.25, 0.3) is 0 Å². The number of rotatable bonds is 3. The van der Waals surface area contributed by atoms with Crippen molar-refractivity contribution in [2.24, 2.45) is 11.1 Å². The smallest absolute Gasteiger partial charge is 0.230 e. The highest BCUT2D eigenvalue weighted by atomic mass is 16.5. The monoisotopic (exact) mass is 268 g/mol. The van der Waals surface area contributed by atoms with Crippen LogP contribution in [0, 0.1) is 5.41 Å². The summed E-state index contributed by atoms with van der Waals surface area (Å²) in [6, 6.07) is 0. The zero-order valence-electron chi connectivity index (χ0n) is 12.2. The van der Waals surface area contributed by atoms with Crippen LogP contribution in [0.15, 0.2) is 0 Å². The highest BCUT2D eigenvalue weighted by molar-refractivity contribution is 5.83. The summed E-state index contributed by atoms with van der Waals surface area (Å²) >= 11 is 0. The molecular formula is C15H28N2O2. The molecule has 2 N–H and O–H groups in total. The van der Waals surface area contributed by atoms with Gasteiger partial charge in [0.1, 0.15) is 0 Å². The lowest BCUT2D eigenvalue weighted by Crippen LogP contribution is -2.53. The summed E-state index contributed by atoms with van der Waals surface area (Å²) in [5, 5.41) is 0. The lowest BCUT2D eigenvalue weighted by molar-refractivity contribution is -0.150. The Labute approximate surface area is 116 Å². The molecule has 0 aromatic carbocycles. The first-order chi connectivity index (χ1) is 9.22. The average Bonchev–Trinajstić information content (AvgIpc) is 2.73. The third-order valence-corrected chi connectivity index (χ3v) is 4.79. The molecule has 19 heavy (non-hydrogen) atoms. The van der Waals surface area contributed by atoms with E-state index in [2.05, 4.69) is 6.92 Å². The van der Waals surface area contributed by atoms with Crippen LogP contribution in [0.25, 0.3) is 0 Å². The molecule has 1 saturated heterocycles. The van der Waals surface area contributed by atoms with Gasteiger partial charge in [0.2, 0.25) is 5.91 Å². The summed E-state index contributed by atoms with van der Waals surface area (Å²) in [5.74, 6) is 0.290. The highest BCUT2D eigenvalue weighted by Crippen LogP contribution is 2.36. The van der Waals surface area contributed by atoms with Gasteiger partial charge in [-0.05, 0) is 19.3 Å². The van der Waals surface area contributed by atoms with Crippen molar-refractivity contribution in [2.45, 2.75) is 58.0 Å². The molecule has 2 rings (SSSR count). The van der Waals surface area contributed by atoms with Crippen molar-refractivity contribution in [2.75, 3.05) is 26.2 Å². The number of nitrogens with two attached hydrogens (primary N) is 1. The summed E-state index contributed by atoms with van der Waals surface area (Å²) in [7, 11) is 0. The van der Waals surface area contributed by atoms with Gasteiger partial charge >= 0.3 is 0 Å². The van der Waals surface area contributed by atoms with E-state index < -0.39 is 0 Å². The van der Waals surface area contributed by atoms with E-state index in [1.165, 1.54) is 12.8 Å². The molecule has 2 aliphatic rings. The van der Waals surface area contributed by atoms with E-state index in [9.17, 15) is 4.79 Å². The van der Waals surface area contributed by atoms with Crippen LogP contribution in [0.5, 0.6) is 0 Å². The van der Waals surface area contributed by atoms with Crippen molar-refractivity contribution in [3.8, 4) is 0 Å². The van der Waals surface area contributed by atoms with Gasteiger partial charge in [0.05, 0.1) is 18.1 Å². The van der Waals surface area contributed by atoms with Crippen molar-refractivity contribution in [3.05, 3.63) is 0 Å². The minimum Gasteiger partial charge on any atom is -0.375 e. The second kappa shape index (κ2) is 6.71. The summed E-state index contributed by atoms with van der Waals surface area (Å²) in [6.45, 7) is 4.77. The number of carbonyl (C=O) groups is 1. The summed E-state index contributed by atoms with van der Waals surface area (Å²) in [4.78, 5) is 14.9. The summed E-state index contributed by atoms with van der Waals surface area (Å²) in [6.07, 6.45) is 7.89. The number of hydrogen-bond acceptors (Lipinski definition) is 3. The fraction of sp³-hybridized carbons (Fsp3) is 0.933. The maximum absolute atomic E-state index is 12.9. The zero-order valence-corrected chi connectivity index (χ0v) is 12.2. The molecule has 0 aromatic rings. The van der Waals surface area contributed by atoms with Gasteiger partial charge in [-0.3, -0.25) is 4.79 Å². The van der Waals surface area contributed by atoms with Crippen LogP contribution in [0.3, 0.4) is 0 Å². The van der Waals surface area contributed by atoms with E-state index in [4.69, 9.17) is 10.5 Å². The minimum atomic E-state index is -0.286. The third kappa shape index (κ3) is 3.29. The molecule has 4 nitrogen and oxygen atoms in total. The molecule has 1 atom stereocenters. The van der Waals surface area contributed by atoms with Gasteiger partial charge in [0.15, 0.2) is 0 Å². The average molecular weight is 268 g/mol. The Morgan fingerprint density at radius 1 is 1.32 bits per heavy atom. The van der Waals surface area contributed by atoms with Crippen molar-refractivity contribution in [1.82, 2.24) is 4.90 Å². The molecule has 0 bridgehead atoms. The van der Waals surface area contributed by atoms with Gasteiger partial charge in [-0.25, -0.2) is 0 Å². The fourth-order valence-corrected chi connectivity index (χ4v) is 3.40. The van der Waals surface area contributed by atoms with Crippen LogP contribution in [0.1, 0.15) is 51.9 Å². The molecule has 2 fully saturated rings. The Kier molecular flexibility index (Phi) is 5.22. The molecular weight excluding hydrogens is 240 g/mol. The summed E-state index contributed by atoms with van der Waals surface area (Å²) in [5.41, 5.74) is 5.72. The Morgan fingerprint density at radius 2 is 2.00 bits per heavy atom. The molecule has 0 spiro atoms. The Balaban J connectivity index is 2.06. The minimum absolute atomic E-state index is 0.207. The van der Waals surface area contributed by atoms with E-state index in [1.54, 1.807) is 0 Å². The molecule has 110 valence electrons. The van der Waals surface area contributed by atoms with Crippen LogP contribution in [0.2, 0.25) is 0 Å². The largest absolute Gasteiger partial charge is 0.375 e. The number of ether oxygens (including phenoxy) is 1. The number of carbonyl (C=O) groups excluding carboxylic acids is 1. The van der Waals surface area contributed by atoms with Crippen LogP contribution in [-0.4, -0.2) is 43.2 Å². The Bertz CT molecular complexity index is 299. The first-order valence-corrected chi connectivity index (χ1v) is 7.83. The van der Waals surface area contributed by atoms with Crippen molar-refractivity contribution >= 4 is 5.91 Å². The molecule has 0 aromatic heterocycles. The molecule has 1 amide bonds. The molecule has 1 aliphatic heterocycles. The number of amides is 1. The SMILES string of the molecule is CCC1CN(C(=O)C2(CN)CCCCCC2)CCO1. The standard InChI is InChI=1S/C15H28N2O2/c1-2-13-11-17(9-10-19-13)14(18)15(12-16)7-5-3-4-6-8-15/h13H,2-12,16H2,1H3. The predicted octanol–water partition coefficient (Wildman–Crippen LogP) is 1.92. The normalized spacial score (nSPS) is 27.9. The lowest BCUT2D eigenvalue weighted by atomic mass is 9.79.